The third-order valence-corrected chi connectivity index (χ3v) is 4.53. The van der Waals surface area contributed by atoms with Gasteiger partial charge in [0, 0.05) is 30.8 Å². The van der Waals surface area contributed by atoms with Crippen LogP contribution in [0, 0.1) is 0 Å². The second-order valence-corrected chi connectivity index (χ2v) is 6.17. The van der Waals surface area contributed by atoms with E-state index in [4.69, 9.17) is 0 Å². The van der Waals surface area contributed by atoms with Gasteiger partial charge in [0.05, 0.1) is 5.69 Å². The number of hydrogen-bond donors (Lipinski definition) is 0. The predicted octanol–water partition coefficient (Wildman–Crippen LogP) is 3.72. The molecule has 2 aromatic carbocycles. The zero-order valence-electron chi connectivity index (χ0n) is 13.2. The second kappa shape index (κ2) is 5.94. The standard InChI is InChI=1S/C20H19N3/c1-23-12-17-11-16(20-9-10-21-14-22-20)7-8-18(17)19(13-23)15-5-3-2-4-6-15/h2-11,14,19H,12-13H2,1H3. The molecule has 0 bridgehead atoms. The van der Waals surface area contributed by atoms with Crippen LogP contribution in [0.15, 0.2) is 67.1 Å². The zero-order valence-corrected chi connectivity index (χ0v) is 13.2. The molecule has 3 nitrogen and oxygen atoms in total. The molecule has 1 unspecified atom stereocenters. The van der Waals surface area contributed by atoms with Crippen LogP contribution in [-0.2, 0) is 6.54 Å². The van der Waals surface area contributed by atoms with Gasteiger partial charge in [0.1, 0.15) is 6.33 Å². The van der Waals surface area contributed by atoms with E-state index in [1.165, 1.54) is 16.7 Å². The van der Waals surface area contributed by atoms with Crippen LogP contribution in [0.1, 0.15) is 22.6 Å². The Kier molecular flexibility index (Phi) is 3.64. The van der Waals surface area contributed by atoms with E-state index in [1.807, 2.05) is 6.07 Å². The summed E-state index contributed by atoms with van der Waals surface area (Å²) in [5, 5.41) is 0. The SMILES string of the molecule is CN1Cc2cc(-c3ccncn3)ccc2C(c2ccccc2)C1. The van der Waals surface area contributed by atoms with Gasteiger partial charge < -0.3 is 4.90 Å². The van der Waals surface area contributed by atoms with Crippen molar-refractivity contribution in [2.75, 3.05) is 13.6 Å². The van der Waals surface area contributed by atoms with Gasteiger partial charge in [0.25, 0.3) is 0 Å². The van der Waals surface area contributed by atoms with Crippen molar-refractivity contribution in [2.45, 2.75) is 12.5 Å². The fourth-order valence-corrected chi connectivity index (χ4v) is 3.44. The molecular weight excluding hydrogens is 282 g/mol. The Bertz CT molecular complexity index is 800. The van der Waals surface area contributed by atoms with Gasteiger partial charge >= 0.3 is 0 Å². The van der Waals surface area contributed by atoms with Gasteiger partial charge in [-0.25, -0.2) is 9.97 Å². The third kappa shape index (κ3) is 2.76. The summed E-state index contributed by atoms with van der Waals surface area (Å²) in [5.41, 5.74) is 6.35. The van der Waals surface area contributed by atoms with Crippen molar-refractivity contribution in [1.29, 1.82) is 0 Å². The maximum absolute atomic E-state index is 4.37. The van der Waals surface area contributed by atoms with Crippen molar-refractivity contribution >= 4 is 0 Å². The summed E-state index contributed by atoms with van der Waals surface area (Å²) >= 11 is 0. The molecular formula is C20H19N3. The number of benzene rings is 2. The fourth-order valence-electron chi connectivity index (χ4n) is 3.44. The molecule has 23 heavy (non-hydrogen) atoms. The Balaban J connectivity index is 1.77. The number of aromatic nitrogens is 2. The first kappa shape index (κ1) is 14.1. The molecule has 1 aliphatic rings. The van der Waals surface area contributed by atoms with Crippen molar-refractivity contribution in [1.82, 2.24) is 14.9 Å². The molecule has 0 fully saturated rings. The highest BCUT2D eigenvalue weighted by molar-refractivity contribution is 5.61. The number of hydrogen-bond acceptors (Lipinski definition) is 3. The lowest BCUT2D eigenvalue weighted by molar-refractivity contribution is 0.295. The topological polar surface area (TPSA) is 29.0 Å². The maximum Gasteiger partial charge on any atom is 0.116 e. The molecule has 0 saturated carbocycles. The van der Waals surface area contributed by atoms with Crippen molar-refractivity contribution in [3.63, 3.8) is 0 Å². The first-order valence-corrected chi connectivity index (χ1v) is 7.94. The van der Waals surface area contributed by atoms with Crippen LogP contribution >= 0.6 is 0 Å². The van der Waals surface area contributed by atoms with Crippen LogP contribution in [0.5, 0.6) is 0 Å². The van der Waals surface area contributed by atoms with E-state index in [0.717, 1.165) is 24.3 Å². The van der Waals surface area contributed by atoms with Gasteiger partial charge in [-0.15, -0.1) is 0 Å². The van der Waals surface area contributed by atoms with Crippen molar-refractivity contribution in [3.8, 4) is 11.3 Å². The quantitative estimate of drug-likeness (QED) is 0.722. The lowest BCUT2D eigenvalue weighted by Crippen LogP contribution is -2.31. The van der Waals surface area contributed by atoms with Gasteiger partial charge in [-0.05, 0) is 35.9 Å². The molecule has 114 valence electrons. The summed E-state index contributed by atoms with van der Waals surface area (Å²) in [4.78, 5) is 10.8. The molecule has 0 saturated heterocycles. The molecule has 4 rings (SSSR count). The molecule has 0 radical (unpaired) electrons. The zero-order chi connectivity index (χ0) is 15.6. The average molecular weight is 301 g/mol. The average Bonchev–Trinajstić information content (AvgIpc) is 2.62. The van der Waals surface area contributed by atoms with Crippen molar-refractivity contribution in [3.05, 3.63) is 83.8 Å². The van der Waals surface area contributed by atoms with Crippen LogP contribution in [0.2, 0.25) is 0 Å². The molecule has 3 heteroatoms. The predicted molar refractivity (Wildman–Crippen MR) is 92.1 cm³/mol. The highest BCUT2D eigenvalue weighted by atomic mass is 15.1. The second-order valence-electron chi connectivity index (χ2n) is 6.17. The Hall–Kier alpha value is -2.52. The van der Waals surface area contributed by atoms with Crippen LogP contribution in [0.25, 0.3) is 11.3 Å². The van der Waals surface area contributed by atoms with Gasteiger partial charge in [-0.1, -0.05) is 42.5 Å². The lowest BCUT2D eigenvalue weighted by Gasteiger charge is -2.33. The van der Waals surface area contributed by atoms with Gasteiger partial charge in [0.2, 0.25) is 0 Å². The van der Waals surface area contributed by atoms with E-state index < -0.39 is 0 Å². The van der Waals surface area contributed by atoms with E-state index in [1.54, 1.807) is 12.5 Å². The summed E-state index contributed by atoms with van der Waals surface area (Å²) in [6.07, 6.45) is 3.40. The normalized spacial score (nSPS) is 17.7. The summed E-state index contributed by atoms with van der Waals surface area (Å²) in [5.74, 6) is 0.435. The van der Waals surface area contributed by atoms with E-state index in [-0.39, 0.29) is 0 Å². The van der Waals surface area contributed by atoms with Gasteiger partial charge in [-0.3, -0.25) is 0 Å². The van der Waals surface area contributed by atoms with E-state index >= 15 is 0 Å². The van der Waals surface area contributed by atoms with Crippen LogP contribution < -0.4 is 0 Å². The minimum Gasteiger partial charge on any atom is -0.301 e. The van der Waals surface area contributed by atoms with Crippen molar-refractivity contribution in [2.24, 2.45) is 0 Å². The third-order valence-electron chi connectivity index (χ3n) is 4.53. The minimum atomic E-state index is 0.435. The van der Waals surface area contributed by atoms with Gasteiger partial charge in [0.15, 0.2) is 0 Å². The highest BCUT2D eigenvalue weighted by Gasteiger charge is 2.24. The van der Waals surface area contributed by atoms with Crippen molar-refractivity contribution < 1.29 is 0 Å². The fraction of sp³-hybridized carbons (Fsp3) is 0.200. The summed E-state index contributed by atoms with van der Waals surface area (Å²) < 4.78 is 0. The summed E-state index contributed by atoms with van der Waals surface area (Å²) in [6.45, 7) is 2.04. The molecule has 1 aliphatic heterocycles. The Labute approximate surface area is 136 Å². The molecule has 1 aromatic heterocycles. The number of rotatable bonds is 2. The molecule has 3 aromatic rings. The number of likely N-dealkylation sites (N-methyl/N-ethyl adjacent to an activating group) is 1. The van der Waals surface area contributed by atoms with Crippen LogP contribution in [0.3, 0.4) is 0 Å². The largest absolute Gasteiger partial charge is 0.301 e. The molecule has 0 aliphatic carbocycles. The molecule has 2 heterocycles. The van der Waals surface area contributed by atoms with Crippen LogP contribution in [0.4, 0.5) is 0 Å². The Morgan fingerprint density at radius 1 is 1.04 bits per heavy atom. The smallest absolute Gasteiger partial charge is 0.116 e. The Morgan fingerprint density at radius 2 is 1.91 bits per heavy atom. The number of fused-ring (bicyclic) bond motifs is 1. The summed E-state index contributed by atoms with van der Waals surface area (Å²) in [7, 11) is 2.19. The van der Waals surface area contributed by atoms with Gasteiger partial charge in [-0.2, -0.15) is 0 Å². The summed E-state index contributed by atoms with van der Waals surface area (Å²) in [6, 6.07) is 19.5. The van der Waals surface area contributed by atoms with Crippen LogP contribution in [-0.4, -0.2) is 28.5 Å². The number of nitrogens with zero attached hydrogens (tertiary/aromatic N) is 3. The van der Waals surface area contributed by atoms with E-state index in [9.17, 15) is 0 Å². The van der Waals surface area contributed by atoms with E-state index in [0.29, 0.717) is 5.92 Å². The molecule has 0 spiro atoms. The minimum absolute atomic E-state index is 0.435. The first-order chi connectivity index (χ1) is 11.3. The monoisotopic (exact) mass is 301 g/mol. The lowest BCUT2D eigenvalue weighted by atomic mass is 9.84. The molecule has 0 N–H and O–H groups in total. The molecule has 1 atom stereocenters. The highest BCUT2D eigenvalue weighted by Crippen LogP contribution is 2.34. The molecule has 0 amide bonds. The first-order valence-electron chi connectivity index (χ1n) is 7.94. The maximum atomic E-state index is 4.37. The van der Waals surface area contributed by atoms with E-state index in [2.05, 4.69) is 70.4 Å². The Morgan fingerprint density at radius 3 is 2.70 bits per heavy atom.